The Balaban J connectivity index is 1.31. The van der Waals surface area contributed by atoms with Gasteiger partial charge in [0.2, 0.25) is 0 Å². The van der Waals surface area contributed by atoms with E-state index in [1.54, 1.807) is 12.4 Å². The van der Waals surface area contributed by atoms with Crippen molar-refractivity contribution in [3.63, 3.8) is 0 Å². The van der Waals surface area contributed by atoms with E-state index in [0.29, 0.717) is 6.61 Å². The number of hydrogen-bond donors (Lipinski definition) is 2. The zero-order valence-electron chi connectivity index (χ0n) is 14.1. The fourth-order valence-corrected chi connectivity index (χ4v) is 3.13. The lowest BCUT2D eigenvalue weighted by molar-refractivity contribution is -0.138. The molecule has 2 atom stereocenters. The van der Waals surface area contributed by atoms with Gasteiger partial charge < -0.3 is 9.84 Å². The minimum atomic E-state index is -0.699. The summed E-state index contributed by atoms with van der Waals surface area (Å²) in [5.74, 6) is -0.0408. The quantitative estimate of drug-likeness (QED) is 0.683. The van der Waals surface area contributed by atoms with E-state index in [0.717, 1.165) is 41.1 Å². The van der Waals surface area contributed by atoms with Gasteiger partial charge in [0.25, 0.3) is 0 Å². The Hall–Kier alpha value is -3.15. The molecule has 6 heteroatoms. The summed E-state index contributed by atoms with van der Waals surface area (Å²) in [6, 6.07) is 13.8. The number of carbonyl (C=O) groups is 1. The first-order chi connectivity index (χ1) is 12.7. The number of hydrogen-bond acceptors (Lipinski definition) is 4. The van der Waals surface area contributed by atoms with Crippen molar-refractivity contribution in [3.8, 4) is 17.1 Å². The Morgan fingerprint density at radius 3 is 2.88 bits per heavy atom. The molecule has 0 spiro atoms. The van der Waals surface area contributed by atoms with Crippen LogP contribution in [0.2, 0.25) is 0 Å². The summed E-state index contributed by atoms with van der Waals surface area (Å²) in [7, 11) is 0. The molecule has 0 radical (unpaired) electrons. The SMILES string of the molecule is O=C(O)C1CC1c1cccc(CCOc2ccc(-c3ccn[nH]3)nc2)c1. The van der Waals surface area contributed by atoms with Crippen molar-refractivity contribution >= 4 is 5.97 Å². The minimum Gasteiger partial charge on any atom is -0.492 e. The first-order valence-corrected chi connectivity index (χ1v) is 8.61. The highest BCUT2D eigenvalue weighted by Crippen LogP contribution is 2.47. The second-order valence-electron chi connectivity index (χ2n) is 6.48. The Kier molecular flexibility index (Phi) is 4.39. The highest BCUT2D eigenvalue weighted by molar-refractivity contribution is 5.75. The average molecular weight is 349 g/mol. The summed E-state index contributed by atoms with van der Waals surface area (Å²) in [5.41, 5.74) is 3.95. The largest absolute Gasteiger partial charge is 0.492 e. The second-order valence-corrected chi connectivity index (χ2v) is 6.48. The third kappa shape index (κ3) is 3.59. The van der Waals surface area contributed by atoms with Gasteiger partial charge >= 0.3 is 5.97 Å². The topological polar surface area (TPSA) is 88.1 Å². The van der Waals surface area contributed by atoms with Crippen LogP contribution in [0.15, 0.2) is 54.9 Å². The maximum absolute atomic E-state index is 11.0. The summed E-state index contributed by atoms with van der Waals surface area (Å²) in [6.07, 6.45) is 4.90. The van der Waals surface area contributed by atoms with Gasteiger partial charge in [-0.15, -0.1) is 0 Å². The van der Waals surface area contributed by atoms with Crippen LogP contribution in [0.25, 0.3) is 11.4 Å². The van der Waals surface area contributed by atoms with Gasteiger partial charge in [-0.2, -0.15) is 5.10 Å². The van der Waals surface area contributed by atoms with Crippen molar-refractivity contribution in [1.29, 1.82) is 0 Å². The number of rotatable bonds is 7. The molecule has 1 aliphatic rings. The van der Waals surface area contributed by atoms with E-state index in [1.807, 2.05) is 36.4 Å². The summed E-state index contributed by atoms with van der Waals surface area (Å²) in [5, 5.41) is 15.9. The molecule has 132 valence electrons. The number of benzene rings is 1. The lowest BCUT2D eigenvalue weighted by atomic mass is 10.0. The van der Waals surface area contributed by atoms with Gasteiger partial charge in [-0.3, -0.25) is 14.9 Å². The lowest BCUT2D eigenvalue weighted by Gasteiger charge is -2.08. The molecule has 0 aliphatic heterocycles. The predicted molar refractivity (Wildman–Crippen MR) is 95.9 cm³/mol. The van der Waals surface area contributed by atoms with E-state index in [1.165, 1.54) is 0 Å². The molecule has 1 saturated carbocycles. The van der Waals surface area contributed by atoms with Crippen LogP contribution in [-0.4, -0.2) is 32.9 Å². The van der Waals surface area contributed by atoms with Gasteiger partial charge in [0, 0.05) is 12.6 Å². The standard InChI is InChI=1S/C20H19N3O3/c24-20(25)17-11-16(17)14-3-1-2-13(10-14)7-9-26-15-4-5-18(21-12-15)19-6-8-22-23-19/h1-6,8,10,12,16-17H,7,9,11H2,(H,22,23)(H,24,25). The molecule has 1 fully saturated rings. The molecule has 6 nitrogen and oxygen atoms in total. The van der Waals surface area contributed by atoms with Crippen molar-refractivity contribution in [2.24, 2.45) is 5.92 Å². The maximum Gasteiger partial charge on any atom is 0.307 e. The third-order valence-electron chi connectivity index (χ3n) is 4.66. The van der Waals surface area contributed by atoms with Crippen LogP contribution in [-0.2, 0) is 11.2 Å². The Morgan fingerprint density at radius 2 is 2.19 bits per heavy atom. The van der Waals surface area contributed by atoms with Gasteiger partial charge in [0.15, 0.2) is 0 Å². The van der Waals surface area contributed by atoms with E-state index in [-0.39, 0.29) is 11.8 Å². The molecule has 0 bridgehead atoms. The van der Waals surface area contributed by atoms with Crippen LogP contribution in [0.5, 0.6) is 5.75 Å². The lowest BCUT2D eigenvalue weighted by Crippen LogP contribution is -2.03. The predicted octanol–water partition coefficient (Wildman–Crippen LogP) is 3.28. The highest BCUT2D eigenvalue weighted by atomic mass is 16.5. The Bertz CT molecular complexity index is 891. The number of pyridine rings is 1. The number of carboxylic acids is 1. The van der Waals surface area contributed by atoms with Crippen LogP contribution in [0, 0.1) is 5.92 Å². The summed E-state index contributed by atoms with van der Waals surface area (Å²) >= 11 is 0. The minimum absolute atomic E-state index is 0.160. The van der Waals surface area contributed by atoms with Crippen LogP contribution in [0.1, 0.15) is 23.5 Å². The molecule has 26 heavy (non-hydrogen) atoms. The number of aromatic nitrogens is 3. The first-order valence-electron chi connectivity index (χ1n) is 8.61. The van der Waals surface area contributed by atoms with Crippen molar-refractivity contribution in [1.82, 2.24) is 15.2 Å². The van der Waals surface area contributed by atoms with Crippen molar-refractivity contribution in [2.75, 3.05) is 6.61 Å². The number of nitrogens with zero attached hydrogens (tertiary/aromatic N) is 2. The number of aromatic amines is 1. The van der Waals surface area contributed by atoms with Gasteiger partial charge in [0.05, 0.1) is 30.1 Å². The summed E-state index contributed by atoms with van der Waals surface area (Å²) in [6.45, 7) is 0.543. The van der Waals surface area contributed by atoms with E-state index < -0.39 is 5.97 Å². The van der Waals surface area contributed by atoms with Crippen molar-refractivity contribution in [3.05, 3.63) is 66.0 Å². The third-order valence-corrected chi connectivity index (χ3v) is 4.66. The molecule has 2 heterocycles. The molecule has 0 saturated heterocycles. The Labute approximate surface area is 150 Å². The molecule has 2 unspecified atom stereocenters. The number of carboxylic acid groups (broad SMARTS) is 1. The van der Waals surface area contributed by atoms with E-state index >= 15 is 0 Å². The van der Waals surface area contributed by atoms with E-state index in [4.69, 9.17) is 9.84 Å². The van der Waals surface area contributed by atoms with Gasteiger partial charge in [-0.1, -0.05) is 24.3 Å². The molecule has 2 N–H and O–H groups in total. The number of nitrogens with one attached hydrogen (secondary N) is 1. The van der Waals surface area contributed by atoms with Crippen LogP contribution in [0.3, 0.4) is 0 Å². The fourth-order valence-electron chi connectivity index (χ4n) is 3.13. The molecule has 1 aromatic carbocycles. The highest BCUT2D eigenvalue weighted by Gasteiger charge is 2.44. The number of H-pyrrole nitrogens is 1. The maximum atomic E-state index is 11.0. The normalized spacial score (nSPS) is 18.5. The molecular weight excluding hydrogens is 330 g/mol. The van der Waals surface area contributed by atoms with Crippen LogP contribution >= 0.6 is 0 Å². The molecule has 2 aromatic heterocycles. The zero-order chi connectivity index (χ0) is 17.9. The molecular formula is C20H19N3O3. The van der Waals surface area contributed by atoms with Crippen LogP contribution in [0.4, 0.5) is 0 Å². The van der Waals surface area contributed by atoms with Crippen molar-refractivity contribution < 1.29 is 14.6 Å². The second kappa shape index (κ2) is 7.00. The van der Waals surface area contributed by atoms with Gasteiger partial charge in [-0.25, -0.2) is 0 Å². The molecule has 3 aromatic rings. The zero-order valence-corrected chi connectivity index (χ0v) is 14.1. The first kappa shape index (κ1) is 16.3. The summed E-state index contributed by atoms with van der Waals surface area (Å²) < 4.78 is 5.78. The van der Waals surface area contributed by atoms with E-state index in [9.17, 15) is 4.79 Å². The van der Waals surface area contributed by atoms with Gasteiger partial charge in [0.1, 0.15) is 5.75 Å². The van der Waals surface area contributed by atoms with Gasteiger partial charge in [-0.05, 0) is 41.7 Å². The summed E-state index contributed by atoms with van der Waals surface area (Å²) in [4.78, 5) is 15.4. The number of ether oxygens (including phenoxy) is 1. The number of aliphatic carboxylic acids is 1. The van der Waals surface area contributed by atoms with Crippen LogP contribution < -0.4 is 4.74 Å². The average Bonchev–Trinajstić information content (AvgIpc) is 3.29. The molecule has 4 rings (SSSR count). The monoisotopic (exact) mass is 349 g/mol. The molecule has 0 amide bonds. The smallest absolute Gasteiger partial charge is 0.307 e. The Morgan fingerprint density at radius 1 is 1.27 bits per heavy atom. The van der Waals surface area contributed by atoms with Crippen molar-refractivity contribution in [2.45, 2.75) is 18.8 Å². The molecule has 1 aliphatic carbocycles. The van der Waals surface area contributed by atoms with E-state index in [2.05, 4.69) is 21.2 Å². The fraction of sp³-hybridized carbons (Fsp3) is 0.250.